The molecule has 0 unspecified atom stereocenters. The van der Waals surface area contributed by atoms with E-state index in [1.165, 1.54) is 76.2 Å². The Kier molecular flexibility index (Phi) is 16.3. The number of aromatic nitrogens is 10. The van der Waals surface area contributed by atoms with Crippen molar-refractivity contribution in [3.05, 3.63) is 130 Å². The highest BCUT2D eigenvalue weighted by molar-refractivity contribution is 7.91. The molecule has 0 aliphatic rings. The summed E-state index contributed by atoms with van der Waals surface area (Å²) in [5.41, 5.74) is 0.798. The highest BCUT2D eigenvalue weighted by Gasteiger charge is 2.36. The van der Waals surface area contributed by atoms with Crippen molar-refractivity contribution in [3.8, 4) is 57.5 Å². The van der Waals surface area contributed by atoms with E-state index in [1.54, 1.807) is 74.5 Å². The van der Waals surface area contributed by atoms with Crippen LogP contribution in [0, 0.1) is 13.8 Å². The molecule has 0 bridgehead atoms. The van der Waals surface area contributed by atoms with Crippen molar-refractivity contribution in [2.75, 3.05) is 28.4 Å². The van der Waals surface area contributed by atoms with E-state index in [1.807, 2.05) is 0 Å². The van der Waals surface area contributed by atoms with Crippen LogP contribution in [0.15, 0.2) is 94.3 Å². The predicted octanol–water partition coefficient (Wildman–Crippen LogP) is 6.67. The number of nitrogens with zero attached hydrogens (tertiary/aromatic N) is 10. The van der Waals surface area contributed by atoms with E-state index >= 15 is 0 Å². The van der Waals surface area contributed by atoms with E-state index in [-0.39, 0.29) is 45.0 Å². The highest BCUT2D eigenvalue weighted by Crippen LogP contribution is 2.39. The molecule has 26 heteroatoms. The van der Waals surface area contributed by atoms with E-state index < -0.39 is 53.9 Å². The Bertz CT molecular complexity index is 3120. The zero-order valence-corrected chi connectivity index (χ0v) is 43.0. The fourth-order valence-corrected chi connectivity index (χ4v) is 10.1. The zero-order valence-electron chi connectivity index (χ0n) is 39.8. The van der Waals surface area contributed by atoms with Gasteiger partial charge in [0.05, 0.1) is 49.0 Å². The Morgan fingerprint density at radius 1 is 0.542 bits per heavy atom. The number of hydrogen-bond donors (Lipinski definition) is 2. The van der Waals surface area contributed by atoms with E-state index in [0.29, 0.717) is 57.4 Å². The monoisotopic (exact) mass is 1070 g/mol. The van der Waals surface area contributed by atoms with Gasteiger partial charge in [-0.05, 0) is 76.2 Å². The highest BCUT2D eigenvalue weighted by atomic mass is 35.5. The molecule has 6 heterocycles. The van der Waals surface area contributed by atoms with Gasteiger partial charge >= 0.3 is 0 Å². The van der Waals surface area contributed by atoms with Gasteiger partial charge < -0.3 is 38.0 Å². The van der Waals surface area contributed by atoms with Crippen LogP contribution in [-0.2, 0) is 31.2 Å². The number of aryl methyl sites for hydroxylation is 2. The normalized spacial score (nSPS) is 13.4. The summed E-state index contributed by atoms with van der Waals surface area (Å²) in [7, 11) is -2.06. The van der Waals surface area contributed by atoms with Crippen LogP contribution in [-0.4, -0.2) is 115 Å². The Labute approximate surface area is 423 Å². The SMILES string of the molecule is COc1cccc(OC)c1-n1c(CS(=O)(=O)[C@@H](C)[C@H](O)c2ncc(Cl)cn2)nnc1-c1ccc(C)o1.COc1cccc(OC)c1-n1c(CS(=O)(=O)[C@H](C)[C@@H](O)c2ncc(Cl)cn2)nnc1-c1ccc(C)o1. The number of aliphatic hydroxyl groups is 2. The summed E-state index contributed by atoms with van der Waals surface area (Å²) in [5.74, 6) is 3.04. The Morgan fingerprint density at radius 2 is 0.861 bits per heavy atom. The summed E-state index contributed by atoms with van der Waals surface area (Å²) in [6.45, 7) is 6.31. The maximum Gasteiger partial charge on any atom is 0.204 e. The summed E-state index contributed by atoms with van der Waals surface area (Å²) in [6, 6.07) is 17.2. The molecule has 4 atom stereocenters. The van der Waals surface area contributed by atoms with Crippen LogP contribution in [0.1, 0.15) is 60.9 Å². The van der Waals surface area contributed by atoms with Crippen molar-refractivity contribution < 1.29 is 54.8 Å². The average Bonchev–Trinajstić information content (AvgIpc) is 4.20. The quantitative estimate of drug-likeness (QED) is 0.0907. The van der Waals surface area contributed by atoms with Gasteiger partial charge in [-0.2, -0.15) is 0 Å². The number of furan rings is 2. The lowest BCUT2D eigenvalue weighted by molar-refractivity contribution is 0.165. The molecule has 0 amide bonds. The fourth-order valence-electron chi connectivity index (χ4n) is 7.21. The maximum absolute atomic E-state index is 13.4. The number of sulfone groups is 2. The maximum atomic E-state index is 13.4. The summed E-state index contributed by atoms with van der Waals surface area (Å²) >= 11 is 11.6. The molecular formula is C46H48Cl2N10O12S2. The molecule has 0 saturated carbocycles. The van der Waals surface area contributed by atoms with Crippen molar-refractivity contribution in [2.24, 2.45) is 0 Å². The number of hydrogen-bond acceptors (Lipinski definition) is 20. The molecule has 0 aliphatic heterocycles. The van der Waals surface area contributed by atoms with Crippen LogP contribution < -0.4 is 18.9 Å². The number of methoxy groups -OCH3 is 4. The molecule has 72 heavy (non-hydrogen) atoms. The minimum Gasteiger partial charge on any atom is -0.494 e. The smallest absolute Gasteiger partial charge is 0.204 e. The van der Waals surface area contributed by atoms with Crippen LogP contribution in [0.5, 0.6) is 23.0 Å². The Morgan fingerprint density at radius 3 is 1.14 bits per heavy atom. The molecule has 0 spiro atoms. The van der Waals surface area contributed by atoms with E-state index in [0.717, 1.165) is 0 Å². The third kappa shape index (κ3) is 11.2. The number of ether oxygens (including phenoxy) is 4. The van der Waals surface area contributed by atoms with Crippen molar-refractivity contribution in [1.82, 2.24) is 49.5 Å². The summed E-state index contributed by atoms with van der Waals surface area (Å²) in [4.78, 5) is 15.8. The van der Waals surface area contributed by atoms with Gasteiger partial charge in [-0.25, -0.2) is 36.8 Å². The molecule has 2 aromatic carbocycles. The third-order valence-electron chi connectivity index (χ3n) is 11.1. The number of para-hydroxylation sites is 2. The first-order valence-corrected chi connectivity index (χ1v) is 25.7. The molecule has 22 nitrogen and oxygen atoms in total. The summed E-state index contributed by atoms with van der Waals surface area (Å²) in [5, 5.41) is 36.2. The van der Waals surface area contributed by atoms with Crippen molar-refractivity contribution >= 4 is 42.9 Å². The second-order valence-electron chi connectivity index (χ2n) is 15.8. The van der Waals surface area contributed by atoms with Crippen LogP contribution in [0.4, 0.5) is 0 Å². The van der Waals surface area contributed by atoms with E-state index in [4.69, 9.17) is 51.0 Å². The predicted molar refractivity (Wildman–Crippen MR) is 262 cm³/mol. The lowest BCUT2D eigenvalue weighted by Gasteiger charge is -2.19. The second-order valence-corrected chi connectivity index (χ2v) is 21.4. The van der Waals surface area contributed by atoms with Crippen molar-refractivity contribution in [2.45, 2.75) is 61.9 Å². The molecule has 380 valence electrons. The summed E-state index contributed by atoms with van der Waals surface area (Å²) in [6.07, 6.45) is 2.17. The van der Waals surface area contributed by atoms with Gasteiger partial charge in [0.15, 0.2) is 54.5 Å². The van der Waals surface area contributed by atoms with Crippen LogP contribution in [0.3, 0.4) is 0 Å². The first-order valence-electron chi connectivity index (χ1n) is 21.5. The molecule has 6 aromatic heterocycles. The minimum absolute atomic E-state index is 0.0601. The summed E-state index contributed by atoms with van der Waals surface area (Å²) < 4.78 is 90.4. The van der Waals surface area contributed by atoms with Crippen LogP contribution in [0.2, 0.25) is 10.0 Å². The zero-order chi connectivity index (χ0) is 52.1. The lowest BCUT2D eigenvalue weighted by atomic mass is 10.2. The first kappa shape index (κ1) is 52.9. The third-order valence-corrected chi connectivity index (χ3v) is 15.6. The lowest BCUT2D eigenvalue weighted by Crippen LogP contribution is -2.29. The van der Waals surface area contributed by atoms with Crippen LogP contribution in [0.25, 0.3) is 34.5 Å². The molecular weight excluding hydrogens is 1020 g/mol. The van der Waals surface area contributed by atoms with Gasteiger partial charge in [0.1, 0.15) is 69.6 Å². The topological polar surface area (TPSA) is 285 Å². The van der Waals surface area contributed by atoms with Gasteiger partial charge in [0.25, 0.3) is 0 Å². The van der Waals surface area contributed by atoms with Gasteiger partial charge in [0, 0.05) is 24.8 Å². The second kappa shape index (κ2) is 22.2. The molecule has 0 saturated heterocycles. The van der Waals surface area contributed by atoms with Gasteiger partial charge in [-0.3, -0.25) is 9.13 Å². The van der Waals surface area contributed by atoms with Gasteiger partial charge in [-0.15, -0.1) is 20.4 Å². The fraction of sp³-hybridized carbons (Fsp3) is 0.304. The Hall–Kier alpha value is -6.96. The van der Waals surface area contributed by atoms with Crippen molar-refractivity contribution in [1.29, 1.82) is 0 Å². The largest absolute Gasteiger partial charge is 0.494 e. The Balaban J connectivity index is 0.000000211. The van der Waals surface area contributed by atoms with E-state index in [9.17, 15) is 27.0 Å². The van der Waals surface area contributed by atoms with Gasteiger partial charge in [-0.1, -0.05) is 35.3 Å². The number of aliphatic hydroxyl groups excluding tert-OH is 2. The number of benzene rings is 2. The first-order chi connectivity index (χ1) is 34.3. The molecule has 8 rings (SSSR count). The molecule has 8 aromatic rings. The molecule has 0 aliphatic carbocycles. The average molecular weight is 1070 g/mol. The van der Waals surface area contributed by atoms with E-state index in [2.05, 4.69) is 40.3 Å². The molecule has 0 fully saturated rings. The number of halogens is 2. The van der Waals surface area contributed by atoms with Crippen LogP contribution >= 0.6 is 23.2 Å². The standard InChI is InChI=1S/2C23H24ClN5O6S/c2*1-13-8-9-18(35-13)23-28-27-19(29(23)20-16(33-3)6-5-7-17(20)34-4)12-36(31,32)14(2)21(30)22-25-10-15(24)11-26-22/h2*5-11,14,21,30H,12H2,1-4H3/t2*14-,21-/m10/s1. The molecule has 2 N–H and O–H groups in total. The van der Waals surface area contributed by atoms with Crippen molar-refractivity contribution in [3.63, 3.8) is 0 Å². The minimum atomic E-state index is -4.00. The van der Waals surface area contributed by atoms with Gasteiger partial charge in [0.2, 0.25) is 11.6 Å². The molecule has 0 radical (unpaired) electrons. The number of rotatable bonds is 18.